The average molecular weight is 397 g/mol. The van der Waals surface area contributed by atoms with E-state index in [9.17, 15) is 8.78 Å². The second kappa shape index (κ2) is 8.30. The van der Waals surface area contributed by atoms with Crippen LogP contribution in [0.3, 0.4) is 0 Å². The number of alkyl halides is 1. The minimum absolute atomic E-state index is 0.238. The normalized spacial score (nSPS) is 12.2. The standard InChI is InChI=1S/C21H21F2N5O/c1-14(17-11-16(23)3-4-19(17)29-10-2-7-22)26-20-6-9-28-21(27-20)18(13-25-28)15-5-8-24-12-15/h3-6,8-9,11-14,24H,2,7,10H2,1H3,(H,26,27). The Morgan fingerprint density at radius 3 is 2.97 bits per heavy atom. The van der Waals surface area contributed by atoms with Crippen LogP contribution in [0.4, 0.5) is 14.6 Å². The smallest absolute Gasteiger partial charge is 0.165 e. The van der Waals surface area contributed by atoms with Crippen LogP contribution < -0.4 is 10.1 Å². The summed E-state index contributed by atoms with van der Waals surface area (Å²) in [6.45, 7) is 1.68. The molecular weight excluding hydrogens is 376 g/mol. The molecule has 4 rings (SSSR count). The van der Waals surface area contributed by atoms with Gasteiger partial charge in [-0.15, -0.1) is 0 Å². The third-order valence-corrected chi connectivity index (χ3v) is 4.62. The minimum atomic E-state index is -0.455. The molecule has 150 valence electrons. The molecule has 29 heavy (non-hydrogen) atoms. The molecule has 1 unspecified atom stereocenters. The topological polar surface area (TPSA) is 67.2 Å². The van der Waals surface area contributed by atoms with E-state index in [0.29, 0.717) is 29.2 Å². The molecule has 4 aromatic rings. The molecule has 0 bridgehead atoms. The molecule has 8 heteroatoms. The summed E-state index contributed by atoms with van der Waals surface area (Å²) in [5, 5.41) is 7.62. The molecule has 1 atom stereocenters. The molecule has 3 heterocycles. The largest absolute Gasteiger partial charge is 0.493 e. The molecule has 0 spiro atoms. The third-order valence-electron chi connectivity index (χ3n) is 4.62. The lowest BCUT2D eigenvalue weighted by Gasteiger charge is -2.19. The zero-order valence-electron chi connectivity index (χ0n) is 15.9. The van der Waals surface area contributed by atoms with Gasteiger partial charge in [0, 0.05) is 41.7 Å². The van der Waals surface area contributed by atoms with Crippen molar-refractivity contribution >= 4 is 11.5 Å². The van der Waals surface area contributed by atoms with Crippen LogP contribution in [0, 0.1) is 5.82 Å². The molecule has 0 fully saturated rings. The number of hydrogen-bond acceptors (Lipinski definition) is 4. The molecule has 0 aliphatic carbocycles. The van der Waals surface area contributed by atoms with Crippen molar-refractivity contribution in [2.75, 3.05) is 18.6 Å². The molecular formula is C21H21F2N5O. The Kier molecular flexibility index (Phi) is 5.41. The van der Waals surface area contributed by atoms with Crippen LogP contribution in [0.1, 0.15) is 24.9 Å². The number of fused-ring (bicyclic) bond motifs is 1. The summed E-state index contributed by atoms with van der Waals surface area (Å²) in [6, 6.07) is 7.81. The fraction of sp³-hybridized carbons (Fsp3) is 0.238. The maximum absolute atomic E-state index is 13.8. The number of nitrogens with one attached hydrogen (secondary N) is 2. The predicted octanol–water partition coefficient (Wildman–Crippen LogP) is 4.78. The first-order valence-electron chi connectivity index (χ1n) is 9.38. The summed E-state index contributed by atoms with van der Waals surface area (Å²) < 4.78 is 33.5. The van der Waals surface area contributed by atoms with Crippen LogP contribution >= 0.6 is 0 Å². The van der Waals surface area contributed by atoms with Crippen LogP contribution in [-0.4, -0.2) is 32.9 Å². The molecule has 2 N–H and O–H groups in total. The molecule has 1 aromatic carbocycles. The van der Waals surface area contributed by atoms with Crippen molar-refractivity contribution in [3.63, 3.8) is 0 Å². The summed E-state index contributed by atoms with van der Waals surface area (Å²) in [4.78, 5) is 7.71. The molecule has 0 amide bonds. The second-order valence-corrected chi connectivity index (χ2v) is 6.68. The number of H-pyrrole nitrogens is 1. The molecule has 0 radical (unpaired) electrons. The molecule has 0 aliphatic rings. The highest BCUT2D eigenvalue weighted by Gasteiger charge is 2.15. The first kappa shape index (κ1) is 18.9. The first-order chi connectivity index (χ1) is 14.2. The monoisotopic (exact) mass is 397 g/mol. The van der Waals surface area contributed by atoms with Gasteiger partial charge in [-0.2, -0.15) is 5.10 Å². The lowest BCUT2D eigenvalue weighted by molar-refractivity contribution is 0.286. The number of anilines is 1. The van der Waals surface area contributed by atoms with Gasteiger partial charge in [0.2, 0.25) is 0 Å². The fourth-order valence-corrected chi connectivity index (χ4v) is 3.17. The van der Waals surface area contributed by atoms with Gasteiger partial charge in [0.15, 0.2) is 5.65 Å². The van der Waals surface area contributed by atoms with Crippen LogP contribution in [0.15, 0.2) is 55.1 Å². The Bertz CT molecular complexity index is 1090. The minimum Gasteiger partial charge on any atom is -0.493 e. The van der Waals surface area contributed by atoms with Gasteiger partial charge in [0.05, 0.1) is 25.5 Å². The van der Waals surface area contributed by atoms with Crippen molar-refractivity contribution in [2.24, 2.45) is 0 Å². The first-order valence-corrected chi connectivity index (χ1v) is 9.38. The number of ether oxygens (including phenoxy) is 1. The summed E-state index contributed by atoms with van der Waals surface area (Å²) >= 11 is 0. The van der Waals surface area contributed by atoms with E-state index in [4.69, 9.17) is 4.74 Å². The maximum atomic E-state index is 13.8. The number of aromatic nitrogens is 4. The number of benzene rings is 1. The quantitative estimate of drug-likeness (QED) is 0.420. The van der Waals surface area contributed by atoms with Gasteiger partial charge in [-0.05, 0) is 37.3 Å². The average Bonchev–Trinajstić information content (AvgIpc) is 3.38. The Balaban J connectivity index is 1.60. The van der Waals surface area contributed by atoms with Gasteiger partial charge in [-0.3, -0.25) is 4.39 Å². The lowest BCUT2D eigenvalue weighted by Crippen LogP contribution is -2.11. The summed E-state index contributed by atoms with van der Waals surface area (Å²) in [6.07, 6.45) is 7.60. The van der Waals surface area contributed by atoms with E-state index in [1.54, 1.807) is 22.8 Å². The molecule has 0 saturated carbocycles. The van der Waals surface area contributed by atoms with E-state index in [1.165, 1.54) is 12.1 Å². The van der Waals surface area contributed by atoms with Gasteiger partial charge in [-0.1, -0.05) is 0 Å². The summed E-state index contributed by atoms with van der Waals surface area (Å²) in [5.74, 6) is 0.792. The van der Waals surface area contributed by atoms with E-state index < -0.39 is 6.67 Å². The number of rotatable bonds is 8. The lowest BCUT2D eigenvalue weighted by atomic mass is 10.1. The van der Waals surface area contributed by atoms with Crippen molar-refractivity contribution in [1.29, 1.82) is 0 Å². The summed E-state index contributed by atoms with van der Waals surface area (Å²) in [5.41, 5.74) is 3.25. The van der Waals surface area contributed by atoms with Gasteiger partial charge in [-0.25, -0.2) is 13.9 Å². The Hall–Kier alpha value is -3.42. The maximum Gasteiger partial charge on any atom is 0.165 e. The number of aromatic amines is 1. The molecule has 6 nitrogen and oxygen atoms in total. The SMILES string of the molecule is CC(Nc1ccn2ncc(-c3cc[nH]c3)c2n1)c1cc(F)ccc1OCCCF. The fourth-order valence-electron chi connectivity index (χ4n) is 3.17. The molecule has 0 aliphatic heterocycles. The predicted molar refractivity (Wildman–Crippen MR) is 107 cm³/mol. The Morgan fingerprint density at radius 1 is 1.28 bits per heavy atom. The van der Waals surface area contributed by atoms with Crippen LogP contribution in [-0.2, 0) is 0 Å². The van der Waals surface area contributed by atoms with Crippen LogP contribution in [0.25, 0.3) is 16.8 Å². The second-order valence-electron chi connectivity index (χ2n) is 6.68. The highest BCUT2D eigenvalue weighted by Crippen LogP contribution is 2.29. The van der Waals surface area contributed by atoms with Gasteiger partial charge in [0.25, 0.3) is 0 Å². The van der Waals surface area contributed by atoms with E-state index in [0.717, 1.165) is 11.1 Å². The van der Waals surface area contributed by atoms with Crippen molar-refractivity contribution in [3.05, 3.63) is 66.5 Å². The van der Waals surface area contributed by atoms with Crippen molar-refractivity contribution in [2.45, 2.75) is 19.4 Å². The summed E-state index contributed by atoms with van der Waals surface area (Å²) in [7, 11) is 0. The molecule has 3 aromatic heterocycles. The van der Waals surface area contributed by atoms with E-state index in [2.05, 4.69) is 20.4 Å². The zero-order valence-corrected chi connectivity index (χ0v) is 15.9. The van der Waals surface area contributed by atoms with Crippen molar-refractivity contribution in [1.82, 2.24) is 19.6 Å². The zero-order chi connectivity index (χ0) is 20.2. The van der Waals surface area contributed by atoms with Gasteiger partial charge in [0.1, 0.15) is 17.4 Å². The molecule has 0 saturated heterocycles. The van der Waals surface area contributed by atoms with Gasteiger partial charge < -0.3 is 15.0 Å². The highest BCUT2D eigenvalue weighted by atomic mass is 19.1. The van der Waals surface area contributed by atoms with E-state index in [1.807, 2.05) is 31.6 Å². The Morgan fingerprint density at radius 2 is 2.17 bits per heavy atom. The van der Waals surface area contributed by atoms with Crippen LogP contribution in [0.2, 0.25) is 0 Å². The van der Waals surface area contributed by atoms with E-state index >= 15 is 0 Å². The number of hydrogen-bond donors (Lipinski definition) is 2. The van der Waals surface area contributed by atoms with Gasteiger partial charge >= 0.3 is 0 Å². The Labute approximate surface area is 166 Å². The van der Waals surface area contributed by atoms with E-state index in [-0.39, 0.29) is 18.5 Å². The van der Waals surface area contributed by atoms with Crippen molar-refractivity contribution in [3.8, 4) is 16.9 Å². The highest BCUT2D eigenvalue weighted by molar-refractivity contribution is 5.77. The third kappa shape index (κ3) is 4.06. The van der Waals surface area contributed by atoms with Crippen LogP contribution in [0.5, 0.6) is 5.75 Å². The number of halogens is 2. The van der Waals surface area contributed by atoms with Crippen molar-refractivity contribution < 1.29 is 13.5 Å². The number of nitrogens with zero attached hydrogens (tertiary/aromatic N) is 3.